The Morgan fingerprint density at radius 2 is 1.86 bits per heavy atom. The molecule has 0 unspecified atom stereocenters. The third-order valence-electron chi connectivity index (χ3n) is 3.96. The zero-order chi connectivity index (χ0) is 21.0. The number of hydrogen-bond donors (Lipinski definition) is 1. The van der Waals surface area contributed by atoms with Crippen LogP contribution in [0.25, 0.3) is 6.08 Å². The topological polar surface area (TPSA) is 85.3 Å². The molecular formula is C20H17NO6S2. The van der Waals surface area contributed by atoms with Crippen LogP contribution in [0.4, 0.5) is 5.69 Å². The molecule has 7 nitrogen and oxygen atoms in total. The number of carbonyl (C=O) groups is 2. The highest BCUT2D eigenvalue weighted by atomic mass is 32.2. The first-order valence-electron chi connectivity index (χ1n) is 8.37. The summed E-state index contributed by atoms with van der Waals surface area (Å²) < 4.78 is 16.0. The number of amides is 1. The van der Waals surface area contributed by atoms with Crippen LogP contribution in [0, 0.1) is 0 Å². The predicted molar refractivity (Wildman–Crippen MR) is 115 cm³/mol. The Balaban J connectivity index is 1.84. The zero-order valence-corrected chi connectivity index (χ0v) is 17.2. The highest BCUT2D eigenvalue weighted by Crippen LogP contribution is 2.37. The standard InChI is InChI=1S/C20H17NO6S2/c1-25-14-6-4-13(5-7-14)21-19(24)17(29-20(21)28)10-12-3-8-15(16(9-12)26-2)27-11-18(22)23/h3-10H,11H2,1-2H3,(H,22,23)/b17-10+. The highest BCUT2D eigenvalue weighted by molar-refractivity contribution is 8.27. The Kier molecular flexibility index (Phi) is 6.40. The molecule has 2 aromatic rings. The molecule has 1 amide bonds. The molecule has 1 heterocycles. The Labute approximate surface area is 176 Å². The van der Waals surface area contributed by atoms with Gasteiger partial charge in [0.05, 0.1) is 24.8 Å². The van der Waals surface area contributed by atoms with Gasteiger partial charge in [-0.2, -0.15) is 0 Å². The molecule has 1 saturated heterocycles. The molecule has 3 rings (SSSR count). The Bertz CT molecular complexity index is 987. The molecule has 29 heavy (non-hydrogen) atoms. The van der Waals surface area contributed by atoms with E-state index in [9.17, 15) is 9.59 Å². The lowest BCUT2D eigenvalue weighted by Gasteiger charge is -2.14. The SMILES string of the molecule is COc1ccc(N2C(=O)/C(=C\c3ccc(OCC(=O)O)c(OC)c3)SC2=S)cc1. The van der Waals surface area contributed by atoms with Gasteiger partial charge in [-0.15, -0.1) is 0 Å². The number of ether oxygens (including phenoxy) is 3. The van der Waals surface area contributed by atoms with Crippen LogP contribution in [0.3, 0.4) is 0 Å². The van der Waals surface area contributed by atoms with Crippen LogP contribution < -0.4 is 19.1 Å². The van der Waals surface area contributed by atoms with Crippen LogP contribution in [0.15, 0.2) is 47.4 Å². The first kappa shape index (κ1) is 20.7. The second-order valence-electron chi connectivity index (χ2n) is 5.81. The number of carboxylic acid groups (broad SMARTS) is 1. The van der Waals surface area contributed by atoms with Crippen LogP contribution in [0.1, 0.15) is 5.56 Å². The van der Waals surface area contributed by atoms with Crippen molar-refractivity contribution in [1.29, 1.82) is 0 Å². The van der Waals surface area contributed by atoms with Crippen molar-refractivity contribution < 1.29 is 28.9 Å². The van der Waals surface area contributed by atoms with Crippen LogP contribution in [-0.4, -0.2) is 42.1 Å². The number of thioether (sulfide) groups is 1. The fourth-order valence-electron chi connectivity index (χ4n) is 2.61. The van der Waals surface area contributed by atoms with E-state index < -0.39 is 12.6 Å². The molecule has 0 atom stereocenters. The van der Waals surface area contributed by atoms with Gasteiger partial charge in [-0.05, 0) is 48.0 Å². The van der Waals surface area contributed by atoms with E-state index >= 15 is 0 Å². The van der Waals surface area contributed by atoms with Crippen molar-refractivity contribution in [3.63, 3.8) is 0 Å². The van der Waals surface area contributed by atoms with Crippen molar-refractivity contribution in [2.24, 2.45) is 0 Å². The van der Waals surface area contributed by atoms with Crippen LogP contribution in [-0.2, 0) is 9.59 Å². The van der Waals surface area contributed by atoms with E-state index in [1.807, 2.05) is 0 Å². The first-order chi connectivity index (χ1) is 13.9. The van der Waals surface area contributed by atoms with Gasteiger partial charge >= 0.3 is 5.97 Å². The van der Waals surface area contributed by atoms with Crippen molar-refractivity contribution in [3.8, 4) is 17.2 Å². The van der Waals surface area contributed by atoms with Gasteiger partial charge in [0.25, 0.3) is 5.91 Å². The summed E-state index contributed by atoms with van der Waals surface area (Å²) in [5.41, 5.74) is 1.35. The van der Waals surface area contributed by atoms with Crippen molar-refractivity contribution >= 4 is 51.9 Å². The van der Waals surface area contributed by atoms with Gasteiger partial charge in [-0.3, -0.25) is 9.69 Å². The fraction of sp³-hybridized carbons (Fsp3) is 0.150. The molecule has 0 aliphatic carbocycles. The van der Waals surface area contributed by atoms with Crippen molar-refractivity contribution in [3.05, 3.63) is 52.9 Å². The predicted octanol–water partition coefficient (Wildman–Crippen LogP) is 3.57. The van der Waals surface area contributed by atoms with E-state index in [4.69, 9.17) is 31.5 Å². The minimum absolute atomic E-state index is 0.227. The number of thiocarbonyl (C=S) groups is 1. The summed E-state index contributed by atoms with van der Waals surface area (Å²) in [6.45, 7) is -0.476. The number of rotatable bonds is 7. The summed E-state index contributed by atoms with van der Waals surface area (Å²) in [7, 11) is 3.03. The lowest BCUT2D eigenvalue weighted by atomic mass is 10.2. The number of carbonyl (C=O) groups excluding carboxylic acids is 1. The monoisotopic (exact) mass is 431 g/mol. The Morgan fingerprint density at radius 3 is 2.48 bits per heavy atom. The molecule has 0 spiro atoms. The van der Waals surface area contributed by atoms with Gasteiger partial charge in [0.1, 0.15) is 5.75 Å². The maximum Gasteiger partial charge on any atom is 0.341 e. The summed E-state index contributed by atoms with van der Waals surface area (Å²) in [4.78, 5) is 25.5. The average molecular weight is 431 g/mol. The average Bonchev–Trinajstić information content (AvgIpc) is 2.99. The highest BCUT2D eigenvalue weighted by Gasteiger charge is 2.33. The normalized spacial score (nSPS) is 15.0. The lowest BCUT2D eigenvalue weighted by Crippen LogP contribution is -2.27. The third-order valence-corrected chi connectivity index (χ3v) is 5.26. The maximum absolute atomic E-state index is 12.9. The van der Waals surface area contributed by atoms with Crippen LogP contribution in [0.2, 0.25) is 0 Å². The van der Waals surface area contributed by atoms with Gasteiger partial charge in [0.2, 0.25) is 0 Å². The molecular weight excluding hydrogens is 414 g/mol. The minimum atomic E-state index is -1.08. The first-order valence-corrected chi connectivity index (χ1v) is 9.60. The van der Waals surface area contributed by atoms with E-state index in [2.05, 4.69) is 0 Å². The van der Waals surface area contributed by atoms with Gasteiger partial charge in [0, 0.05) is 0 Å². The van der Waals surface area contributed by atoms with Crippen LogP contribution in [0.5, 0.6) is 17.2 Å². The number of benzene rings is 2. The smallest absolute Gasteiger partial charge is 0.341 e. The van der Waals surface area contributed by atoms with Crippen molar-refractivity contribution in [2.75, 3.05) is 25.7 Å². The number of methoxy groups -OCH3 is 2. The summed E-state index contributed by atoms with van der Waals surface area (Å²) >= 11 is 6.58. The number of aliphatic carboxylic acids is 1. The van der Waals surface area contributed by atoms with E-state index in [0.29, 0.717) is 37.7 Å². The summed E-state index contributed by atoms with van der Waals surface area (Å²) in [6.07, 6.45) is 1.70. The maximum atomic E-state index is 12.9. The zero-order valence-electron chi connectivity index (χ0n) is 15.6. The summed E-state index contributed by atoms with van der Waals surface area (Å²) in [5.74, 6) is 0.0455. The molecule has 0 bridgehead atoms. The third kappa shape index (κ3) is 4.69. The van der Waals surface area contributed by atoms with Gasteiger partial charge in [-0.1, -0.05) is 30.0 Å². The largest absolute Gasteiger partial charge is 0.497 e. The molecule has 1 N–H and O–H groups in total. The van der Waals surface area contributed by atoms with Crippen LogP contribution >= 0.6 is 24.0 Å². The summed E-state index contributed by atoms with van der Waals surface area (Å²) in [6, 6.07) is 12.0. The van der Waals surface area contributed by atoms with E-state index in [1.165, 1.54) is 23.8 Å². The summed E-state index contributed by atoms with van der Waals surface area (Å²) in [5, 5.41) is 8.75. The molecule has 150 valence electrons. The second kappa shape index (κ2) is 8.97. The minimum Gasteiger partial charge on any atom is -0.497 e. The van der Waals surface area contributed by atoms with Gasteiger partial charge in [0.15, 0.2) is 22.4 Å². The molecule has 0 saturated carbocycles. The molecule has 1 aliphatic heterocycles. The number of anilines is 1. The second-order valence-corrected chi connectivity index (χ2v) is 7.48. The number of hydrogen-bond acceptors (Lipinski definition) is 7. The van der Waals surface area contributed by atoms with E-state index in [1.54, 1.807) is 55.7 Å². The van der Waals surface area contributed by atoms with Gasteiger partial charge < -0.3 is 19.3 Å². The molecule has 2 aromatic carbocycles. The van der Waals surface area contributed by atoms with Crippen molar-refractivity contribution in [1.82, 2.24) is 0 Å². The molecule has 0 aromatic heterocycles. The fourth-order valence-corrected chi connectivity index (χ4v) is 3.90. The van der Waals surface area contributed by atoms with E-state index in [0.717, 1.165) is 0 Å². The van der Waals surface area contributed by atoms with E-state index in [-0.39, 0.29) is 5.91 Å². The molecule has 9 heteroatoms. The molecule has 0 radical (unpaired) electrons. The quantitative estimate of drug-likeness (QED) is 0.526. The molecule has 1 aliphatic rings. The molecule has 1 fully saturated rings. The van der Waals surface area contributed by atoms with Crippen molar-refractivity contribution in [2.45, 2.75) is 0 Å². The lowest BCUT2D eigenvalue weighted by molar-refractivity contribution is -0.139. The Hall–Kier alpha value is -3.04. The number of nitrogens with zero attached hydrogens (tertiary/aromatic N) is 1. The Morgan fingerprint density at radius 1 is 1.14 bits per heavy atom. The number of carboxylic acids is 1. The van der Waals surface area contributed by atoms with Gasteiger partial charge in [-0.25, -0.2) is 4.79 Å².